The van der Waals surface area contributed by atoms with Crippen LogP contribution in [0.1, 0.15) is 13.3 Å². The number of para-hydroxylation sites is 1. The van der Waals surface area contributed by atoms with Crippen LogP contribution in [-0.4, -0.2) is 47.4 Å². The van der Waals surface area contributed by atoms with Gasteiger partial charge in [0, 0.05) is 6.42 Å². The van der Waals surface area contributed by atoms with Crippen molar-refractivity contribution in [3.05, 3.63) is 30.3 Å². The van der Waals surface area contributed by atoms with Crippen LogP contribution in [0.2, 0.25) is 0 Å². The predicted molar refractivity (Wildman–Crippen MR) is 82.2 cm³/mol. The summed E-state index contributed by atoms with van der Waals surface area (Å²) in [6, 6.07) is 6.62. The summed E-state index contributed by atoms with van der Waals surface area (Å²) in [5.74, 6) is -3.82. The van der Waals surface area contributed by atoms with Crippen LogP contribution in [0, 0.1) is 5.92 Å². The Bertz CT molecular complexity index is 645. The quantitative estimate of drug-likeness (QED) is 0.444. The number of ether oxygens (including phenoxy) is 1. The van der Waals surface area contributed by atoms with Crippen molar-refractivity contribution in [2.45, 2.75) is 25.4 Å². The number of carbonyl (C=O) groups excluding carboxylic acids is 3. The molecular formula is C16H18N2O6. The molecule has 1 unspecified atom stereocenters. The van der Waals surface area contributed by atoms with Crippen molar-refractivity contribution in [2.75, 3.05) is 6.61 Å². The van der Waals surface area contributed by atoms with E-state index in [0.717, 1.165) is 0 Å². The van der Waals surface area contributed by atoms with E-state index in [0.29, 0.717) is 5.75 Å². The number of carboxylic acid groups (broad SMARTS) is 1. The number of β-lactam (4-membered cyclic amide) rings is 1. The Morgan fingerprint density at radius 1 is 1.29 bits per heavy atom. The van der Waals surface area contributed by atoms with Gasteiger partial charge in [-0.3, -0.25) is 19.2 Å². The molecule has 8 nitrogen and oxygen atoms in total. The molecule has 0 spiro atoms. The van der Waals surface area contributed by atoms with Gasteiger partial charge in [-0.15, -0.1) is 0 Å². The molecule has 1 aliphatic heterocycles. The van der Waals surface area contributed by atoms with E-state index >= 15 is 0 Å². The molecule has 1 fully saturated rings. The zero-order valence-corrected chi connectivity index (χ0v) is 13.0. The van der Waals surface area contributed by atoms with Crippen LogP contribution in [0.4, 0.5) is 0 Å². The number of ketones is 1. The second-order valence-corrected chi connectivity index (χ2v) is 5.32. The summed E-state index contributed by atoms with van der Waals surface area (Å²) in [4.78, 5) is 46.6. The lowest BCUT2D eigenvalue weighted by atomic mass is 9.83. The highest BCUT2D eigenvalue weighted by Crippen LogP contribution is 2.19. The smallest absolute Gasteiger partial charge is 0.316 e. The number of hydrogen-bond donors (Lipinski definition) is 3. The first-order valence-electron chi connectivity index (χ1n) is 7.47. The molecule has 128 valence electrons. The van der Waals surface area contributed by atoms with Crippen molar-refractivity contribution >= 4 is 23.6 Å². The van der Waals surface area contributed by atoms with E-state index in [-0.39, 0.29) is 13.0 Å². The van der Waals surface area contributed by atoms with Gasteiger partial charge >= 0.3 is 5.97 Å². The molecule has 0 aromatic heterocycles. The number of hydrogen-bond acceptors (Lipinski definition) is 5. The zero-order chi connectivity index (χ0) is 17.7. The number of carbonyl (C=O) groups is 4. The van der Waals surface area contributed by atoms with Crippen molar-refractivity contribution in [3.63, 3.8) is 0 Å². The van der Waals surface area contributed by atoms with Crippen LogP contribution in [0.15, 0.2) is 30.3 Å². The molecule has 8 heteroatoms. The maximum absolute atomic E-state index is 11.9. The molecule has 2 rings (SSSR count). The third kappa shape index (κ3) is 3.89. The molecule has 2 amide bonds. The van der Waals surface area contributed by atoms with E-state index in [1.54, 1.807) is 37.3 Å². The van der Waals surface area contributed by atoms with E-state index in [2.05, 4.69) is 10.6 Å². The number of rotatable bonds is 8. The van der Waals surface area contributed by atoms with Crippen LogP contribution in [0.25, 0.3) is 0 Å². The third-order valence-electron chi connectivity index (χ3n) is 3.70. The lowest BCUT2D eigenvalue weighted by Gasteiger charge is -2.39. The van der Waals surface area contributed by atoms with Crippen molar-refractivity contribution in [2.24, 2.45) is 5.92 Å². The standard InChI is InChI=1S/C16H18N2O6/c1-2-10(19)12(16(22)23)13-14(15(21)18-13)17-11(20)8-24-9-6-4-3-5-7-9/h3-7,12-14H,2,8H2,1H3,(H,17,20)(H,18,21)(H,22,23)/t12?,13-,14+/m1/s1. The topological polar surface area (TPSA) is 122 Å². The van der Waals surface area contributed by atoms with Crippen molar-refractivity contribution < 1.29 is 29.0 Å². The molecule has 1 heterocycles. The zero-order valence-electron chi connectivity index (χ0n) is 13.0. The van der Waals surface area contributed by atoms with Crippen LogP contribution in [-0.2, 0) is 19.2 Å². The van der Waals surface area contributed by atoms with Gasteiger partial charge in [0.1, 0.15) is 23.5 Å². The average Bonchev–Trinajstić information content (AvgIpc) is 2.58. The third-order valence-corrected chi connectivity index (χ3v) is 3.70. The lowest BCUT2D eigenvalue weighted by Crippen LogP contribution is -2.73. The number of nitrogens with one attached hydrogen (secondary N) is 2. The van der Waals surface area contributed by atoms with E-state index in [1.165, 1.54) is 0 Å². The van der Waals surface area contributed by atoms with Gasteiger partial charge in [-0.25, -0.2) is 0 Å². The van der Waals surface area contributed by atoms with Crippen LogP contribution in [0.5, 0.6) is 5.75 Å². The first-order chi connectivity index (χ1) is 11.4. The van der Waals surface area contributed by atoms with Gasteiger partial charge in [-0.05, 0) is 12.1 Å². The minimum absolute atomic E-state index is 0.0289. The number of carboxylic acids is 1. The van der Waals surface area contributed by atoms with Gasteiger partial charge in [0.2, 0.25) is 5.91 Å². The highest BCUT2D eigenvalue weighted by Gasteiger charge is 2.49. The van der Waals surface area contributed by atoms with Crippen LogP contribution < -0.4 is 15.4 Å². The van der Waals surface area contributed by atoms with Crippen LogP contribution in [0.3, 0.4) is 0 Å². The molecule has 3 atom stereocenters. The van der Waals surface area contributed by atoms with Crippen molar-refractivity contribution in [1.29, 1.82) is 0 Å². The van der Waals surface area contributed by atoms with E-state index in [9.17, 15) is 24.3 Å². The largest absolute Gasteiger partial charge is 0.484 e. The summed E-state index contributed by atoms with van der Waals surface area (Å²) < 4.78 is 5.26. The van der Waals surface area contributed by atoms with Crippen LogP contribution >= 0.6 is 0 Å². The summed E-state index contributed by atoms with van der Waals surface area (Å²) in [5.41, 5.74) is 0. The number of benzene rings is 1. The fourth-order valence-electron chi connectivity index (χ4n) is 2.43. The normalized spacial score (nSPS) is 20.3. The molecule has 1 aromatic rings. The second-order valence-electron chi connectivity index (χ2n) is 5.32. The van der Waals surface area contributed by atoms with E-state index in [1.807, 2.05) is 0 Å². The Balaban J connectivity index is 1.94. The molecule has 1 aliphatic rings. The predicted octanol–water partition coefficient (Wildman–Crippen LogP) is -0.271. The monoisotopic (exact) mass is 334 g/mol. The van der Waals surface area contributed by atoms with Gasteiger partial charge in [-0.1, -0.05) is 25.1 Å². The fraction of sp³-hybridized carbons (Fsp3) is 0.375. The van der Waals surface area contributed by atoms with Crippen molar-refractivity contribution in [1.82, 2.24) is 10.6 Å². The fourth-order valence-corrected chi connectivity index (χ4v) is 2.43. The van der Waals surface area contributed by atoms with E-state index < -0.39 is 41.6 Å². The molecule has 1 aromatic carbocycles. The Morgan fingerprint density at radius 3 is 2.50 bits per heavy atom. The van der Waals surface area contributed by atoms with Gasteiger partial charge in [0.25, 0.3) is 5.91 Å². The lowest BCUT2D eigenvalue weighted by molar-refractivity contribution is -0.152. The maximum Gasteiger partial charge on any atom is 0.316 e. The van der Waals surface area contributed by atoms with Crippen molar-refractivity contribution in [3.8, 4) is 5.75 Å². The summed E-state index contributed by atoms with van der Waals surface area (Å²) >= 11 is 0. The minimum Gasteiger partial charge on any atom is -0.484 e. The Labute approximate surface area is 138 Å². The molecule has 0 saturated carbocycles. The van der Waals surface area contributed by atoms with Gasteiger partial charge in [0.05, 0.1) is 6.04 Å². The first kappa shape index (κ1) is 17.5. The number of aliphatic carboxylic acids is 1. The number of Topliss-reactive ketones (excluding diaryl/α,β-unsaturated/α-hetero) is 1. The Morgan fingerprint density at radius 2 is 1.96 bits per heavy atom. The molecule has 1 saturated heterocycles. The maximum atomic E-state index is 11.9. The highest BCUT2D eigenvalue weighted by molar-refractivity contribution is 6.03. The molecule has 0 bridgehead atoms. The minimum atomic E-state index is -1.38. The molecule has 3 N–H and O–H groups in total. The Kier molecular flexibility index (Phi) is 5.51. The molecule has 0 aliphatic carbocycles. The van der Waals surface area contributed by atoms with E-state index in [4.69, 9.17) is 4.74 Å². The van der Waals surface area contributed by atoms with Gasteiger partial charge in [-0.2, -0.15) is 0 Å². The van der Waals surface area contributed by atoms with Gasteiger partial charge in [0.15, 0.2) is 6.61 Å². The Hall–Kier alpha value is -2.90. The second kappa shape index (κ2) is 7.58. The summed E-state index contributed by atoms with van der Waals surface area (Å²) in [7, 11) is 0. The summed E-state index contributed by atoms with van der Waals surface area (Å²) in [6.07, 6.45) is 0.0289. The summed E-state index contributed by atoms with van der Waals surface area (Å²) in [5, 5.41) is 14.0. The number of amides is 2. The molecule has 24 heavy (non-hydrogen) atoms. The molecular weight excluding hydrogens is 316 g/mol. The average molecular weight is 334 g/mol. The molecule has 0 radical (unpaired) electrons. The van der Waals surface area contributed by atoms with Gasteiger partial charge < -0.3 is 20.5 Å². The summed E-state index contributed by atoms with van der Waals surface area (Å²) in [6.45, 7) is 1.22. The SMILES string of the molecule is CCC(=O)C(C(=O)O)[C@H]1NC(=O)[C@H]1NC(=O)COc1ccccc1. The first-order valence-corrected chi connectivity index (χ1v) is 7.47. The highest BCUT2D eigenvalue weighted by atomic mass is 16.5.